The molecule has 14 heteroatoms. The standard InChI is InChI=1S/C21H16F7N3O4/c1-31(14-4-2-13(22)3-5-14)19(34)35-18-15(11(8-29)9-30-17(33)10-32)6-12(20(23,24)25)7-16(18)21(26,27)28/h2-9,29,32H,10H2,1H3,(H,30,33)/b11-9+,29-8?. The second kappa shape index (κ2) is 10.5. The second-order valence-corrected chi connectivity index (χ2v) is 6.77. The molecule has 0 spiro atoms. The minimum Gasteiger partial charge on any atom is -0.409 e. The first-order valence-electron chi connectivity index (χ1n) is 9.33. The molecule has 7 nitrogen and oxygen atoms in total. The number of alkyl halides is 6. The summed E-state index contributed by atoms with van der Waals surface area (Å²) in [6.07, 6.45) is -11.3. The number of nitrogens with zero attached hydrogens (tertiary/aromatic N) is 1. The summed E-state index contributed by atoms with van der Waals surface area (Å²) in [6, 6.07) is 4.03. The van der Waals surface area contributed by atoms with E-state index in [1.54, 1.807) is 0 Å². The molecule has 0 unspecified atom stereocenters. The molecule has 0 saturated carbocycles. The molecule has 2 aromatic rings. The van der Waals surface area contributed by atoms with E-state index >= 15 is 0 Å². The third kappa shape index (κ3) is 6.79. The van der Waals surface area contributed by atoms with Crippen LogP contribution in [-0.2, 0) is 17.1 Å². The van der Waals surface area contributed by atoms with Crippen molar-refractivity contribution in [1.82, 2.24) is 5.32 Å². The van der Waals surface area contributed by atoms with E-state index in [1.165, 1.54) is 0 Å². The molecule has 2 rings (SSSR count). The van der Waals surface area contributed by atoms with Gasteiger partial charge in [0.05, 0.1) is 11.1 Å². The van der Waals surface area contributed by atoms with Gasteiger partial charge in [0, 0.05) is 36.3 Å². The molecule has 2 aromatic carbocycles. The number of carbonyl (C=O) groups excluding carboxylic acids is 2. The molecule has 0 fully saturated rings. The predicted octanol–water partition coefficient (Wildman–Crippen LogP) is 4.60. The van der Waals surface area contributed by atoms with Crippen LogP contribution in [0.1, 0.15) is 16.7 Å². The zero-order valence-corrected chi connectivity index (χ0v) is 17.6. The minimum absolute atomic E-state index is 0.0172. The van der Waals surface area contributed by atoms with Gasteiger partial charge >= 0.3 is 18.4 Å². The Balaban J connectivity index is 2.72. The van der Waals surface area contributed by atoms with E-state index in [4.69, 9.17) is 15.3 Å². The molecular weight excluding hydrogens is 491 g/mol. The maximum Gasteiger partial charge on any atom is 0.420 e. The normalized spacial score (nSPS) is 12.2. The van der Waals surface area contributed by atoms with E-state index in [1.807, 2.05) is 5.32 Å². The first-order chi connectivity index (χ1) is 16.2. The fourth-order valence-corrected chi connectivity index (χ4v) is 2.65. The summed E-state index contributed by atoms with van der Waals surface area (Å²) in [6.45, 7) is -1.07. The van der Waals surface area contributed by atoms with Gasteiger partial charge in [-0.2, -0.15) is 26.3 Å². The molecule has 2 amide bonds. The zero-order valence-electron chi connectivity index (χ0n) is 17.6. The van der Waals surface area contributed by atoms with Crippen LogP contribution in [-0.4, -0.2) is 37.0 Å². The van der Waals surface area contributed by atoms with Crippen LogP contribution in [0.5, 0.6) is 5.75 Å². The number of aliphatic hydroxyl groups excluding tert-OH is 1. The number of hydrogen-bond donors (Lipinski definition) is 3. The average molecular weight is 507 g/mol. The van der Waals surface area contributed by atoms with Gasteiger partial charge in [-0.05, 0) is 36.4 Å². The van der Waals surface area contributed by atoms with E-state index in [0.29, 0.717) is 17.3 Å². The Kier molecular flexibility index (Phi) is 8.23. The Morgan fingerprint density at radius 2 is 1.69 bits per heavy atom. The third-order valence-corrected chi connectivity index (χ3v) is 4.40. The topological polar surface area (TPSA) is 103 Å². The van der Waals surface area contributed by atoms with Gasteiger partial charge in [0.2, 0.25) is 5.91 Å². The molecule has 0 saturated heterocycles. The van der Waals surface area contributed by atoms with Gasteiger partial charge < -0.3 is 20.6 Å². The summed E-state index contributed by atoms with van der Waals surface area (Å²) >= 11 is 0. The van der Waals surface area contributed by atoms with Crippen molar-refractivity contribution in [3.63, 3.8) is 0 Å². The van der Waals surface area contributed by atoms with Crippen LogP contribution in [0.3, 0.4) is 0 Å². The lowest BCUT2D eigenvalue weighted by Gasteiger charge is -2.22. The SMILES string of the molecule is CN(C(=O)Oc1c(/C(C=N)=C/NC(=O)CO)cc(C(F)(F)F)cc1C(F)(F)F)c1ccc(F)cc1. The number of ether oxygens (including phenoxy) is 1. The van der Waals surface area contributed by atoms with Gasteiger partial charge in [-0.1, -0.05) is 0 Å². The van der Waals surface area contributed by atoms with Crippen LogP contribution in [0.25, 0.3) is 5.57 Å². The average Bonchev–Trinajstić information content (AvgIpc) is 2.78. The number of rotatable bonds is 6. The number of hydrogen-bond acceptors (Lipinski definition) is 5. The summed E-state index contributed by atoms with van der Waals surface area (Å²) in [5.41, 5.74) is -5.48. The van der Waals surface area contributed by atoms with Crippen LogP contribution in [0.4, 0.5) is 41.2 Å². The summed E-state index contributed by atoms with van der Waals surface area (Å²) in [5.74, 6) is -3.13. The molecule has 0 aliphatic carbocycles. The molecule has 0 atom stereocenters. The van der Waals surface area contributed by atoms with Crippen molar-refractivity contribution < 1.29 is 50.2 Å². The molecule has 0 bridgehead atoms. The number of allylic oxidation sites excluding steroid dienone is 1. The van der Waals surface area contributed by atoms with Crippen LogP contribution in [0.15, 0.2) is 42.6 Å². The summed E-state index contributed by atoms with van der Waals surface area (Å²) in [7, 11) is 1.06. The number of anilines is 1. The van der Waals surface area contributed by atoms with Gasteiger partial charge in [-0.25, -0.2) is 9.18 Å². The number of aliphatic hydroxyl groups is 1. The Hall–Kier alpha value is -3.94. The highest BCUT2D eigenvalue weighted by Gasteiger charge is 2.41. The predicted molar refractivity (Wildman–Crippen MR) is 109 cm³/mol. The van der Waals surface area contributed by atoms with Crippen LogP contribution in [0.2, 0.25) is 0 Å². The fraction of sp³-hybridized carbons (Fsp3) is 0.190. The molecule has 0 aromatic heterocycles. The van der Waals surface area contributed by atoms with Crippen molar-refractivity contribution in [2.45, 2.75) is 12.4 Å². The van der Waals surface area contributed by atoms with Gasteiger partial charge in [0.15, 0.2) is 5.75 Å². The highest BCUT2D eigenvalue weighted by molar-refractivity contribution is 6.10. The van der Waals surface area contributed by atoms with Crippen molar-refractivity contribution in [3.05, 3.63) is 65.1 Å². The minimum atomic E-state index is -5.44. The molecule has 0 heterocycles. The molecule has 3 N–H and O–H groups in total. The quantitative estimate of drug-likeness (QED) is 0.393. The lowest BCUT2D eigenvalue weighted by molar-refractivity contribution is -0.143. The lowest BCUT2D eigenvalue weighted by atomic mass is 9.98. The Morgan fingerprint density at radius 3 is 2.17 bits per heavy atom. The Labute approximate surface area is 192 Å². The monoisotopic (exact) mass is 507 g/mol. The number of nitrogens with one attached hydrogen (secondary N) is 2. The first kappa shape index (κ1) is 27.3. The Morgan fingerprint density at radius 1 is 1.09 bits per heavy atom. The molecule has 0 aliphatic rings. The van der Waals surface area contributed by atoms with Crippen molar-refractivity contribution in [2.24, 2.45) is 0 Å². The van der Waals surface area contributed by atoms with E-state index in [-0.39, 0.29) is 17.8 Å². The van der Waals surface area contributed by atoms with E-state index in [2.05, 4.69) is 0 Å². The van der Waals surface area contributed by atoms with Crippen molar-refractivity contribution in [2.75, 3.05) is 18.6 Å². The van der Waals surface area contributed by atoms with Crippen LogP contribution >= 0.6 is 0 Å². The van der Waals surface area contributed by atoms with Crippen molar-refractivity contribution in [3.8, 4) is 5.75 Å². The molecule has 188 valence electrons. The number of amides is 2. The van der Waals surface area contributed by atoms with Gasteiger partial charge in [0.1, 0.15) is 12.4 Å². The summed E-state index contributed by atoms with van der Waals surface area (Å²) in [4.78, 5) is 24.5. The van der Waals surface area contributed by atoms with E-state index < -0.39 is 64.8 Å². The molecular formula is C21H16F7N3O4. The number of benzene rings is 2. The highest BCUT2D eigenvalue weighted by Crippen LogP contribution is 2.44. The zero-order chi connectivity index (χ0) is 26.6. The summed E-state index contributed by atoms with van der Waals surface area (Å²) in [5, 5.41) is 18.1. The second-order valence-electron chi connectivity index (χ2n) is 6.77. The molecule has 0 aliphatic heterocycles. The van der Waals surface area contributed by atoms with Gasteiger partial charge in [-0.15, -0.1) is 0 Å². The maximum absolute atomic E-state index is 13.8. The lowest BCUT2D eigenvalue weighted by Crippen LogP contribution is -2.30. The van der Waals surface area contributed by atoms with E-state index in [0.717, 1.165) is 31.3 Å². The van der Waals surface area contributed by atoms with Gasteiger partial charge in [-0.3, -0.25) is 9.69 Å². The summed E-state index contributed by atoms with van der Waals surface area (Å²) < 4.78 is 99.3. The van der Waals surface area contributed by atoms with Crippen molar-refractivity contribution >= 4 is 29.5 Å². The number of carbonyl (C=O) groups is 2. The Bertz CT molecular complexity index is 1140. The smallest absolute Gasteiger partial charge is 0.409 e. The molecule has 0 radical (unpaired) electrons. The van der Waals surface area contributed by atoms with Gasteiger partial charge in [0.25, 0.3) is 0 Å². The van der Waals surface area contributed by atoms with E-state index in [9.17, 15) is 40.3 Å². The third-order valence-electron chi connectivity index (χ3n) is 4.40. The maximum atomic E-state index is 13.8. The first-order valence-corrected chi connectivity index (χ1v) is 9.33. The fourth-order valence-electron chi connectivity index (χ4n) is 2.65. The molecule has 35 heavy (non-hydrogen) atoms. The van der Waals surface area contributed by atoms with Crippen LogP contribution in [0, 0.1) is 11.2 Å². The largest absolute Gasteiger partial charge is 0.420 e. The number of halogens is 7. The van der Waals surface area contributed by atoms with Crippen molar-refractivity contribution in [1.29, 1.82) is 5.41 Å². The van der Waals surface area contributed by atoms with Crippen LogP contribution < -0.4 is 15.0 Å². The highest BCUT2D eigenvalue weighted by atomic mass is 19.4.